The summed E-state index contributed by atoms with van der Waals surface area (Å²) in [6.45, 7) is 2.04. The van der Waals surface area contributed by atoms with Crippen molar-refractivity contribution in [2.24, 2.45) is 11.8 Å². The molecule has 1 saturated carbocycles. The lowest BCUT2D eigenvalue weighted by Crippen LogP contribution is -1.89. The van der Waals surface area contributed by atoms with Crippen LogP contribution in [0, 0.1) is 11.8 Å². The van der Waals surface area contributed by atoms with Gasteiger partial charge in [0, 0.05) is 10.5 Å². The van der Waals surface area contributed by atoms with Crippen LogP contribution in [-0.4, -0.2) is 11.1 Å². The second-order valence-electron chi connectivity index (χ2n) is 5.59. The molecule has 0 spiro atoms. The quantitative estimate of drug-likeness (QED) is 0.610. The van der Waals surface area contributed by atoms with Crippen molar-refractivity contribution in [2.75, 3.05) is 0 Å². The van der Waals surface area contributed by atoms with Crippen LogP contribution in [0.3, 0.4) is 0 Å². The largest absolute Gasteiger partial charge is 0.478 e. The van der Waals surface area contributed by atoms with Crippen LogP contribution >= 0.6 is 15.9 Å². The molecule has 21 heavy (non-hydrogen) atoms. The van der Waals surface area contributed by atoms with Crippen molar-refractivity contribution in [3.63, 3.8) is 0 Å². The standard InChI is InChI=1S/C11H11BrO2.C7H10/c1-2-8-7-10(12)5-3-9(8)4-6-11(13)14;1-2-7-4-3-6(1)5-7/h3-7H,2H2,1H3,(H,13,14);1-2,6-7H,3-5H2. The first-order chi connectivity index (χ1) is 10.1. The van der Waals surface area contributed by atoms with Crippen molar-refractivity contribution in [1.29, 1.82) is 0 Å². The van der Waals surface area contributed by atoms with Gasteiger partial charge in [-0.25, -0.2) is 4.79 Å². The SMILES string of the molecule is C1=CC2CCC1C2.CCc1cc(Br)ccc1C=CC(=O)O. The molecule has 2 bridgehead atoms. The second-order valence-corrected chi connectivity index (χ2v) is 6.50. The van der Waals surface area contributed by atoms with E-state index in [4.69, 9.17) is 5.11 Å². The van der Waals surface area contributed by atoms with Gasteiger partial charge in [-0.2, -0.15) is 0 Å². The molecule has 2 aliphatic carbocycles. The zero-order valence-electron chi connectivity index (χ0n) is 12.3. The fourth-order valence-corrected chi connectivity index (χ4v) is 3.33. The van der Waals surface area contributed by atoms with Crippen molar-refractivity contribution < 1.29 is 9.90 Å². The van der Waals surface area contributed by atoms with E-state index in [2.05, 4.69) is 28.1 Å². The third-order valence-electron chi connectivity index (χ3n) is 4.06. The van der Waals surface area contributed by atoms with Crippen LogP contribution in [0.1, 0.15) is 37.3 Å². The molecule has 1 aromatic rings. The number of halogens is 1. The number of carboxylic acid groups (broad SMARTS) is 1. The van der Waals surface area contributed by atoms with Gasteiger partial charge in [0.15, 0.2) is 0 Å². The second kappa shape index (κ2) is 7.60. The Kier molecular flexibility index (Phi) is 5.80. The monoisotopic (exact) mass is 348 g/mol. The van der Waals surface area contributed by atoms with E-state index >= 15 is 0 Å². The maximum Gasteiger partial charge on any atom is 0.328 e. The molecule has 112 valence electrons. The summed E-state index contributed by atoms with van der Waals surface area (Å²) < 4.78 is 1.02. The highest BCUT2D eigenvalue weighted by Gasteiger charge is 2.25. The summed E-state index contributed by atoms with van der Waals surface area (Å²) in [7, 11) is 0. The lowest BCUT2D eigenvalue weighted by molar-refractivity contribution is -0.131. The van der Waals surface area contributed by atoms with E-state index < -0.39 is 5.97 Å². The molecule has 1 aromatic carbocycles. The van der Waals surface area contributed by atoms with Gasteiger partial charge in [0.1, 0.15) is 0 Å². The zero-order chi connectivity index (χ0) is 15.2. The Morgan fingerprint density at radius 1 is 1.33 bits per heavy atom. The van der Waals surface area contributed by atoms with Crippen LogP contribution in [-0.2, 0) is 11.2 Å². The Balaban J connectivity index is 0.000000189. The van der Waals surface area contributed by atoms with Crippen LogP contribution in [0.5, 0.6) is 0 Å². The average molecular weight is 349 g/mol. The van der Waals surface area contributed by atoms with Crippen LogP contribution < -0.4 is 0 Å². The van der Waals surface area contributed by atoms with Gasteiger partial charge in [-0.05, 0) is 66.9 Å². The number of aryl methyl sites for hydroxylation is 1. The summed E-state index contributed by atoms with van der Waals surface area (Å²) >= 11 is 3.38. The molecular weight excluding hydrogens is 328 g/mol. The number of carbonyl (C=O) groups is 1. The highest BCUT2D eigenvalue weighted by Crippen LogP contribution is 2.38. The van der Waals surface area contributed by atoms with Gasteiger partial charge < -0.3 is 5.11 Å². The molecule has 0 heterocycles. The molecule has 3 heteroatoms. The van der Waals surface area contributed by atoms with Crippen LogP contribution in [0.2, 0.25) is 0 Å². The van der Waals surface area contributed by atoms with Gasteiger partial charge in [-0.3, -0.25) is 0 Å². The maximum absolute atomic E-state index is 10.3. The highest BCUT2D eigenvalue weighted by atomic mass is 79.9. The molecular formula is C18H21BrO2. The Morgan fingerprint density at radius 2 is 2.00 bits per heavy atom. The van der Waals surface area contributed by atoms with Crippen molar-refractivity contribution in [3.05, 3.63) is 52.0 Å². The van der Waals surface area contributed by atoms with E-state index in [1.807, 2.05) is 25.1 Å². The van der Waals surface area contributed by atoms with Gasteiger partial charge >= 0.3 is 5.97 Å². The lowest BCUT2D eigenvalue weighted by Gasteiger charge is -2.03. The Labute approximate surface area is 134 Å². The summed E-state index contributed by atoms with van der Waals surface area (Å²) in [5.74, 6) is 1.06. The molecule has 0 aliphatic heterocycles. The van der Waals surface area contributed by atoms with Gasteiger partial charge in [0.25, 0.3) is 0 Å². The van der Waals surface area contributed by atoms with E-state index in [1.54, 1.807) is 6.08 Å². The van der Waals surface area contributed by atoms with Crippen LogP contribution in [0.15, 0.2) is 40.9 Å². The van der Waals surface area contributed by atoms with E-state index in [0.717, 1.165) is 39.9 Å². The Bertz CT molecular complexity index is 548. The number of benzene rings is 1. The summed E-state index contributed by atoms with van der Waals surface area (Å²) in [5, 5.41) is 8.50. The number of rotatable bonds is 3. The predicted molar refractivity (Wildman–Crippen MR) is 90.2 cm³/mol. The third kappa shape index (κ3) is 4.85. The number of allylic oxidation sites excluding steroid dienone is 2. The lowest BCUT2D eigenvalue weighted by atomic mass is 10.1. The summed E-state index contributed by atoms with van der Waals surface area (Å²) in [5.41, 5.74) is 2.09. The number of carboxylic acids is 1. The first kappa shape index (κ1) is 16.0. The molecule has 2 nitrogen and oxygen atoms in total. The molecule has 0 radical (unpaired) electrons. The first-order valence-corrected chi connectivity index (χ1v) is 8.25. The Morgan fingerprint density at radius 3 is 2.43 bits per heavy atom. The summed E-state index contributed by atoms with van der Waals surface area (Å²) in [6.07, 6.45) is 12.8. The van der Waals surface area contributed by atoms with E-state index in [1.165, 1.54) is 19.3 Å². The molecule has 1 fully saturated rings. The minimum Gasteiger partial charge on any atom is -0.478 e. The number of fused-ring (bicyclic) bond motifs is 2. The number of hydrogen-bond donors (Lipinski definition) is 1. The van der Waals surface area contributed by atoms with E-state index in [9.17, 15) is 4.79 Å². The molecule has 2 aliphatic rings. The fraction of sp³-hybridized carbons (Fsp3) is 0.389. The van der Waals surface area contributed by atoms with E-state index in [0.29, 0.717) is 0 Å². The zero-order valence-corrected chi connectivity index (χ0v) is 13.8. The smallest absolute Gasteiger partial charge is 0.328 e. The predicted octanol–water partition coefficient (Wildman–Crippen LogP) is 5.08. The van der Waals surface area contributed by atoms with Crippen molar-refractivity contribution >= 4 is 28.0 Å². The van der Waals surface area contributed by atoms with Crippen LogP contribution in [0.25, 0.3) is 6.08 Å². The molecule has 3 rings (SSSR count). The minimum absolute atomic E-state index is 0.888. The van der Waals surface area contributed by atoms with Crippen molar-refractivity contribution in [1.82, 2.24) is 0 Å². The molecule has 0 saturated heterocycles. The number of hydrogen-bond acceptors (Lipinski definition) is 1. The Hall–Kier alpha value is -1.35. The summed E-state index contributed by atoms with van der Waals surface area (Å²) in [4.78, 5) is 10.3. The fourth-order valence-electron chi connectivity index (χ4n) is 2.92. The normalized spacial score (nSPS) is 22.4. The maximum atomic E-state index is 10.3. The number of aliphatic carboxylic acids is 1. The van der Waals surface area contributed by atoms with Crippen molar-refractivity contribution in [3.8, 4) is 0 Å². The molecule has 2 unspecified atom stereocenters. The summed E-state index contributed by atoms with van der Waals surface area (Å²) in [6, 6.07) is 5.81. The van der Waals surface area contributed by atoms with Crippen LogP contribution in [0.4, 0.5) is 0 Å². The minimum atomic E-state index is -0.921. The third-order valence-corrected chi connectivity index (χ3v) is 4.55. The average Bonchev–Trinajstić information content (AvgIpc) is 3.11. The molecule has 0 amide bonds. The van der Waals surface area contributed by atoms with Gasteiger partial charge in [-0.1, -0.05) is 41.1 Å². The van der Waals surface area contributed by atoms with Gasteiger partial charge in [0.2, 0.25) is 0 Å². The topological polar surface area (TPSA) is 37.3 Å². The first-order valence-electron chi connectivity index (χ1n) is 7.46. The molecule has 1 N–H and O–H groups in total. The highest BCUT2D eigenvalue weighted by molar-refractivity contribution is 9.10. The van der Waals surface area contributed by atoms with E-state index in [-0.39, 0.29) is 0 Å². The van der Waals surface area contributed by atoms with Gasteiger partial charge in [0.05, 0.1) is 0 Å². The molecule has 0 aromatic heterocycles. The van der Waals surface area contributed by atoms with Crippen molar-refractivity contribution in [2.45, 2.75) is 32.6 Å². The molecule has 2 atom stereocenters. The van der Waals surface area contributed by atoms with Gasteiger partial charge in [-0.15, -0.1) is 0 Å².